The Hall–Kier alpha value is -2.50. The summed E-state index contributed by atoms with van der Waals surface area (Å²) in [7, 11) is 0. The molecule has 4 aliphatic carbocycles. The van der Waals surface area contributed by atoms with Gasteiger partial charge in [-0.05, 0) is 61.7 Å². The van der Waals surface area contributed by atoms with Crippen LogP contribution in [-0.2, 0) is 28.7 Å². The van der Waals surface area contributed by atoms with Crippen LogP contribution in [0.2, 0.25) is 0 Å². The molecule has 0 aromatic rings. The number of ether oxygens (including phenoxy) is 2. The number of carbonyl (C=O) groups is 4. The van der Waals surface area contributed by atoms with Gasteiger partial charge in [0.1, 0.15) is 0 Å². The Kier molecular flexibility index (Phi) is 6.48. The maximum absolute atomic E-state index is 13.8. The highest BCUT2D eigenvalue weighted by Gasteiger charge is 2.70. The fourth-order valence-corrected chi connectivity index (χ4v) is 7.73. The maximum Gasteiger partial charge on any atom is 0.306 e. The third-order valence-corrected chi connectivity index (χ3v) is 9.45. The zero-order chi connectivity index (χ0) is 25.8. The lowest BCUT2D eigenvalue weighted by Crippen LogP contribution is -2.60. The van der Waals surface area contributed by atoms with Crippen molar-refractivity contribution in [3.8, 4) is 0 Å². The van der Waals surface area contributed by atoms with Gasteiger partial charge in [-0.2, -0.15) is 0 Å². The molecule has 190 valence electrons. The van der Waals surface area contributed by atoms with Gasteiger partial charge in [-0.3, -0.25) is 19.2 Å². The molecule has 0 spiro atoms. The zero-order valence-electron chi connectivity index (χ0n) is 21.8. The standard InChI is InChI=1S/C29H38O6/c1-7-25(32)34-16-24(31)29(35-26(33)8-2)18(4)14-23-20-13-17(3)22-15-19(30)9-11-27(22,5)21(20)10-12-28(23,29)6/h9-11,15,17-18,20,23H,7-8,12-14,16H2,1-6H3/t17-,18-,20+,23-,27+,28-,29-/m0/s1. The number of allylic oxidation sites excluding steroid dienone is 6. The molecule has 0 aliphatic heterocycles. The van der Waals surface area contributed by atoms with Crippen molar-refractivity contribution >= 4 is 23.5 Å². The van der Waals surface area contributed by atoms with Crippen LogP contribution in [0.5, 0.6) is 0 Å². The molecule has 0 radical (unpaired) electrons. The van der Waals surface area contributed by atoms with Crippen LogP contribution in [0.3, 0.4) is 0 Å². The van der Waals surface area contributed by atoms with Crippen LogP contribution in [0.15, 0.2) is 35.5 Å². The topological polar surface area (TPSA) is 86.7 Å². The van der Waals surface area contributed by atoms with Gasteiger partial charge >= 0.3 is 11.9 Å². The van der Waals surface area contributed by atoms with Gasteiger partial charge in [0.2, 0.25) is 5.78 Å². The highest BCUT2D eigenvalue weighted by Crippen LogP contribution is 2.68. The molecule has 2 saturated carbocycles. The molecule has 0 aromatic carbocycles. The molecule has 6 nitrogen and oxygen atoms in total. The summed E-state index contributed by atoms with van der Waals surface area (Å²) in [5.41, 5.74) is 0.190. The number of ketones is 2. The summed E-state index contributed by atoms with van der Waals surface area (Å²) in [4.78, 5) is 50.5. The summed E-state index contributed by atoms with van der Waals surface area (Å²) in [6.07, 6.45) is 10.3. The monoisotopic (exact) mass is 482 g/mol. The summed E-state index contributed by atoms with van der Waals surface area (Å²) in [5.74, 6) is -0.794. The van der Waals surface area contributed by atoms with Gasteiger partial charge < -0.3 is 9.47 Å². The van der Waals surface area contributed by atoms with E-state index in [4.69, 9.17) is 9.47 Å². The molecule has 4 aliphatic rings. The van der Waals surface area contributed by atoms with Crippen molar-refractivity contribution in [2.24, 2.45) is 34.5 Å². The Morgan fingerprint density at radius 2 is 1.71 bits per heavy atom. The number of rotatable bonds is 6. The fraction of sp³-hybridized carbons (Fsp3) is 0.655. The number of Topliss-reactive ketones (excluding diaryl/α,β-unsaturated/α-hetero) is 1. The normalized spacial score (nSPS) is 39.5. The summed E-state index contributed by atoms with van der Waals surface area (Å²) in [6.45, 7) is 11.5. The van der Waals surface area contributed by atoms with Crippen molar-refractivity contribution < 1.29 is 28.7 Å². The molecule has 0 bridgehead atoms. The molecule has 7 atom stereocenters. The number of carbonyl (C=O) groups excluding carboxylic acids is 4. The van der Waals surface area contributed by atoms with Gasteiger partial charge in [-0.15, -0.1) is 0 Å². The van der Waals surface area contributed by atoms with Gasteiger partial charge in [0.15, 0.2) is 18.0 Å². The summed E-state index contributed by atoms with van der Waals surface area (Å²) < 4.78 is 11.4. The van der Waals surface area contributed by atoms with E-state index in [1.54, 1.807) is 26.0 Å². The van der Waals surface area contributed by atoms with Gasteiger partial charge in [-0.25, -0.2) is 0 Å². The minimum Gasteiger partial charge on any atom is -0.457 e. The lowest BCUT2D eigenvalue weighted by molar-refractivity contribution is -0.191. The predicted octanol–water partition coefficient (Wildman–Crippen LogP) is 4.92. The molecule has 0 aromatic heterocycles. The Bertz CT molecular complexity index is 1050. The third kappa shape index (κ3) is 3.66. The second kappa shape index (κ2) is 8.86. The Morgan fingerprint density at radius 3 is 2.37 bits per heavy atom. The smallest absolute Gasteiger partial charge is 0.306 e. The minimum atomic E-state index is -1.35. The number of hydrogen-bond acceptors (Lipinski definition) is 6. The van der Waals surface area contributed by atoms with Crippen LogP contribution in [0.1, 0.15) is 73.6 Å². The van der Waals surface area contributed by atoms with Crippen LogP contribution in [0.4, 0.5) is 0 Å². The Balaban J connectivity index is 1.79. The van der Waals surface area contributed by atoms with Crippen molar-refractivity contribution in [1.29, 1.82) is 0 Å². The number of esters is 2. The highest BCUT2D eigenvalue weighted by atomic mass is 16.6. The molecular formula is C29H38O6. The van der Waals surface area contributed by atoms with Crippen molar-refractivity contribution in [3.63, 3.8) is 0 Å². The average Bonchev–Trinajstić information content (AvgIpc) is 3.05. The van der Waals surface area contributed by atoms with Crippen LogP contribution < -0.4 is 0 Å². The third-order valence-electron chi connectivity index (χ3n) is 9.45. The first-order valence-corrected chi connectivity index (χ1v) is 13.0. The predicted molar refractivity (Wildman–Crippen MR) is 131 cm³/mol. The molecule has 0 unspecified atom stereocenters. The van der Waals surface area contributed by atoms with Crippen molar-refractivity contribution in [2.75, 3.05) is 6.61 Å². The molecule has 0 heterocycles. The highest BCUT2D eigenvalue weighted by molar-refractivity contribution is 6.01. The van der Waals surface area contributed by atoms with Crippen LogP contribution in [0, 0.1) is 34.5 Å². The van der Waals surface area contributed by atoms with Crippen LogP contribution in [0.25, 0.3) is 0 Å². The van der Waals surface area contributed by atoms with Gasteiger partial charge in [0.05, 0.1) is 0 Å². The largest absolute Gasteiger partial charge is 0.457 e. The molecule has 6 heteroatoms. The van der Waals surface area contributed by atoms with Crippen LogP contribution >= 0.6 is 0 Å². The van der Waals surface area contributed by atoms with Crippen molar-refractivity contribution in [1.82, 2.24) is 0 Å². The lowest BCUT2D eigenvalue weighted by Gasteiger charge is -2.55. The van der Waals surface area contributed by atoms with E-state index >= 15 is 0 Å². The minimum absolute atomic E-state index is 0.0382. The summed E-state index contributed by atoms with van der Waals surface area (Å²) in [6, 6.07) is 0. The van der Waals surface area contributed by atoms with Gasteiger partial charge in [-0.1, -0.05) is 52.3 Å². The number of fused-ring (bicyclic) bond motifs is 5. The molecule has 35 heavy (non-hydrogen) atoms. The van der Waals surface area contributed by atoms with E-state index in [1.165, 1.54) is 5.57 Å². The molecule has 0 N–H and O–H groups in total. The average molecular weight is 483 g/mol. The first kappa shape index (κ1) is 25.6. The Labute approximate surface area is 208 Å². The second-order valence-electron chi connectivity index (χ2n) is 11.3. The van der Waals surface area contributed by atoms with E-state index in [2.05, 4.69) is 26.8 Å². The number of hydrogen-bond donors (Lipinski definition) is 0. The molecule has 0 amide bonds. The van der Waals surface area contributed by atoms with Gasteiger partial charge in [0.25, 0.3) is 0 Å². The fourth-order valence-electron chi connectivity index (χ4n) is 7.73. The Morgan fingerprint density at radius 1 is 1.03 bits per heavy atom. The van der Waals surface area contributed by atoms with E-state index in [1.807, 2.05) is 13.0 Å². The van der Waals surface area contributed by atoms with Crippen molar-refractivity contribution in [3.05, 3.63) is 35.5 Å². The second-order valence-corrected chi connectivity index (χ2v) is 11.3. The lowest BCUT2D eigenvalue weighted by atomic mass is 9.49. The van der Waals surface area contributed by atoms with Crippen LogP contribution in [-0.4, -0.2) is 35.7 Å². The summed E-state index contributed by atoms with van der Waals surface area (Å²) in [5, 5.41) is 0. The maximum atomic E-state index is 13.8. The SMILES string of the molecule is CCC(=O)OCC(=O)[C@@]1(OC(=O)CC)[C@@H](C)C[C@H]2[C@@H]3C[C@H](C)C4=CC(=O)C=C[C@]4(C)C3=CC[C@@]21C. The van der Waals surface area contributed by atoms with E-state index in [0.717, 1.165) is 18.4 Å². The first-order chi connectivity index (χ1) is 16.4. The molecule has 0 saturated heterocycles. The zero-order valence-corrected chi connectivity index (χ0v) is 21.8. The van der Waals surface area contributed by atoms with E-state index in [0.29, 0.717) is 6.42 Å². The van der Waals surface area contributed by atoms with E-state index in [9.17, 15) is 19.2 Å². The first-order valence-electron chi connectivity index (χ1n) is 13.0. The van der Waals surface area contributed by atoms with E-state index < -0.39 is 23.0 Å². The summed E-state index contributed by atoms with van der Waals surface area (Å²) >= 11 is 0. The van der Waals surface area contributed by atoms with E-state index in [-0.39, 0.29) is 60.1 Å². The molecular weight excluding hydrogens is 444 g/mol. The van der Waals surface area contributed by atoms with Crippen molar-refractivity contribution in [2.45, 2.75) is 79.2 Å². The molecule has 4 rings (SSSR count). The van der Waals surface area contributed by atoms with Gasteiger partial charge in [0, 0.05) is 29.6 Å². The quantitative estimate of drug-likeness (QED) is 0.394. The molecule has 2 fully saturated rings.